The van der Waals surface area contributed by atoms with Gasteiger partial charge in [0.1, 0.15) is 5.69 Å². The molecule has 0 aliphatic carbocycles. The van der Waals surface area contributed by atoms with Gasteiger partial charge in [0.25, 0.3) is 0 Å². The zero-order valence-corrected chi connectivity index (χ0v) is 16.2. The van der Waals surface area contributed by atoms with Crippen LogP contribution in [0, 0.1) is 0 Å². The monoisotopic (exact) mass is 375 g/mol. The van der Waals surface area contributed by atoms with Gasteiger partial charge < -0.3 is 15.5 Å². The lowest BCUT2D eigenvalue weighted by Crippen LogP contribution is -2.26. The molecule has 0 amide bonds. The average molecular weight is 375 g/mol. The van der Waals surface area contributed by atoms with Crippen LogP contribution in [0.1, 0.15) is 22.5 Å². The van der Waals surface area contributed by atoms with Gasteiger partial charge in [-0.3, -0.25) is 9.78 Å². The van der Waals surface area contributed by atoms with Crippen LogP contribution < -0.4 is 10.6 Å². The van der Waals surface area contributed by atoms with Crippen molar-refractivity contribution in [1.82, 2.24) is 14.9 Å². The van der Waals surface area contributed by atoms with Gasteiger partial charge in [-0.2, -0.15) is 0 Å². The maximum Gasteiger partial charge on any atom is 0.213 e. The lowest BCUT2D eigenvalue weighted by Gasteiger charge is -2.27. The Bertz CT molecular complexity index is 927. The summed E-state index contributed by atoms with van der Waals surface area (Å²) < 4.78 is 0. The van der Waals surface area contributed by atoms with E-state index in [1.54, 1.807) is 24.5 Å². The van der Waals surface area contributed by atoms with E-state index in [1.807, 2.05) is 61.5 Å². The number of aromatic nitrogens is 2. The number of pyridine rings is 2. The molecule has 6 nitrogen and oxygen atoms in total. The summed E-state index contributed by atoms with van der Waals surface area (Å²) in [5.41, 5.74) is 8.57. The largest absolute Gasteiger partial charge is 0.396 e. The first kappa shape index (κ1) is 19.5. The second-order valence-electron chi connectivity index (χ2n) is 6.79. The van der Waals surface area contributed by atoms with Crippen LogP contribution in [0.15, 0.2) is 67.0 Å². The van der Waals surface area contributed by atoms with Gasteiger partial charge in [-0.05, 0) is 63.5 Å². The van der Waals surface area contributed by atoms with Gasteiger partial charge in [-0.25, -0.2) is 4.98 Å². The van der Waals surface area contributed by atoms with Crippen molar-refractivity contribution in [2.24, 2.45) is 0 Å². The molecule has 0 fully saturated rings. The fourth-order valence-electron chi connectivity index (χ4n) is 3.06. The Morgan fingerprint density at radius 1 is 0.929 bits per heavy atom. The molecule has 0 radical (unpaired) electrons. The van der Waals surface area contributed by atoms with Crippen LogP contribution in [0.2, 0.25) is 0 Å². The second-order valence-corrected chi connectivity index (χ2v) is 6.79. The normalized spacial score (nSPS) is 10.8. The zero-order chi connectivity index (χ0) is 19.9. The predicted molar refractivity (Wildman–Crippen MR) is 113 cm³/mol. The second kappa shape index (κ2) is 9.10. The number of para-hydroxylation sites is 1. The molecule has 0 saturated heterocycles. The first-order valence-electron chi connectivity index (χ1n) is 9.25. The number of nitrogens with zero attached hydrogens (tertiary/aromatic N) is 4. The summed E-state index contributed by atoms with van der Waals surface area (Å²) in [7, 11) is 4.08. The molecule has 0 saturated carbocycles. The molecule has 2 N–H and O–H groups in total. The maximum atomic E-state index is 13.1. The highest BCUT2D eigenvalue weighted by atomic mass is 16.1. The minimum absolute atomic E-state index is 0.122. The van der Waals surface area contributed by atoms with Crippen LogP contribution in [0.4, 0.5) is 17.2 Å². The van der Waals surface area contributed by atoms with Gasteiger partial charge in [0, 0.05) is 24.5 Å². The lowest BCUT2D eigenvalue weighted by molar-refractivity contribution is 0.103. The summed E-state index contributed by atoms with van der Waals surface area (Å²) in [6, 6.07) is 16.5. The fourth-order valence-corrected chi connectivity index (χ4v) is 3.06. The summed E-state index contributed by atoms with van der Waals surface area (Å²) in [4.78, 5) is 26.0. The molecular weight excluding hydrogens is 350 g/mol. The third kappa shape index (κ3) is 4.53. The number of rotatable bonds is 8. The fraction of sp³-hybridized carbons (Fsp3) is 0.227. The Balaban J connectivity index is 2.03. The highest BCUT2D eigenvalue weighted by molar-refractivity contribution is 6.11. The van der Waals surface area contributed by atoms with E-state index >= 15 is 0 Å². The summed E-state index contributed by atoms with van der Waals surface area (Å²) in [6.07, 6.45) is 4.24. The Morgan fingerprint density at radius 2 is 1.68 bits per heavy atom. The molecular formula is C22H25N5O. The molecule has 0 bridgehead atoms. The van der Waals surface area contributed by atoms with E-state index in [1.165, 1.54) is 0 Å². The van der Waals surface area contributed by atoms with Crippen LogP contribution in [-0.2, 0) is 0 Å². The molecule has 0 atom stereocenters. The molecule has 144 valence electrons. The van der Waals surface area contributed by atoms with E-state index in [0.717, 1.165) is 18.7 Å². The molecule has 28 heavy (non-hydrogen) atoms. The Morgan fingerprint density at radius 3 is 2.39 bits per heavy atom. The van der Waals surface area contributed by atoms with Crippen LogP contribution in [0.5, 0.6) is 0 Å². The molecule has 0 aliphatic heterocycles. The molecule has 2 heterocycles. The molecule has 6 heteroatoms. The SMILES string of the molecule is CN(C)CCCN(c1ccccc1C(=O)c1ccccn1)c1ncccc1N. The third-order valence-corrected chi connectivity index (χ3v) is 4.40. The first-order chi connectivity index (χ1) is 13.6. The number of benzene rings is 1. The predicted octanol–water partition coefficient (Wildman–Crippen LogP) is 3.38. The van der Waals surface area contributed by atoms with Crippen LogP contribution in [0.3, 0.4) is 0 Å². The van der Waals surface area contributed by atoms with Crippen molar-refractivity contribution in [2.45, 2.75) is 6.42 Å². The van der Waals surface area contributed by atoms with E-state index in [2.05, 4.69) is 14.9 Å². The molecule has 0 aliphatic rings. The van der Waals surface area contributed by atoms with Crippen molar-refractivity contribution in [3.8, 4) is 0 Å². The van der Waals surface area contributed by atoms with Gasteiger partial charge >= 0.3 is 0 Å². The van der Waals surface area contributed by atoms with Gasteiger partial charge in [-0.1, -0.05) is 18.2 Å². The summed E-state index contributed by atoms with van der Waals surface area (Å²) in [6.45, 7) is 1.60. The minimum atomic E-state index is -0.122. The summed E-state index contributed by atoms with van der Waals surface area (Å²) in [5, 5.41) is 0. The van der Waals surface area contributed by atoms with Crippen molar-refractivity contribution < 1.29 is 4.79 Å². The quantitative estimate of drug-likeness (QED) is 0.608. The molecule has 0 unspecified atom stereocenters. The number of carbonyl (C=O) groups excluding carboxylic acids is 1. The first-order valence-corrected chi connectivity index (χ1v) is 9.25. The van der Waals surface area contributed by atoms with Crippen LogP contribution >= 0.6 is 0 Å². The zero-order valence-electron chi connectivity index (χ0n) is 16.2. The average Bonchev–Trinajstić information content (AvgIpc) is 2.72. The number of ketones is 1. The highest BCUT2D eigenvalue weighted by Gasteiger charge is 2.21. The molecule has 3 aromatic rings. The number of hydrogen-bond acceptors (Lipinski definition) is 6. The van der Waals surface area contributed by atoms with Gasteiger partial charge in [-0.15, -0.1) is 0 Å². The minimum Gasteiger partial charge on any atom is -0.396 e. The van der Waals surface area contributed by atoms with Crippen molar-refractivity contribution in [1.29, 1.82) is 0 Å². The number of nitrogens with two attached hydrogens (primary N) is 1. The van der Waals surface area contributed by atoms with E-state index in [9.17, 15) is 4.79 Å². The van der Waals surface area contributed by atoms with Gasteiger partial charge in [0.05, 0.1) is 11.4 Å². The molecule has 2 aromatic heterocycles. The Hall–Kier alpha value is -3.25. The summed E-state index contributed by atoms with van der Waals surface area (Å²) in [5.74, 6) is 0.533. The maximum absolute atomic E-state index is 13.1. The van der Waals surface area contributed by atoms with Crippen LogP contribution in [-0.4, -0.2) is 47.8 Å². The van der Waals surface area contributed by atoms with E-state index in [0.29, 0.717) is 29.3 Å². The van der Waals surface area contributed by atoms with Gasteiger partial charge in [0.2, 0.25) is 5.78 Å². The van der Waals surface area contributed by atoms with Gasteiger partial charge in [0.15, 0.2) is 5.82 Å². The van der Waals surface area contributed by atoms with Crippen molar-refractivity contribution in [3.63, 3.8) is 0 Å². The molecule has 3 rings (SSSR count). The lowest BCUT2D eigenvalue weighted by atomic mass is 10.0. The van der Waals surface area contributed by atoms with E-state index in [-0.39, 0.29) is 5.78 Å². The topological polar surface area (TPSA) is 75.3 Å². The summed E-state index contributed by atoms with van der Waals surface area (Å²) >= 11 is 0. The van der Waals surface area contributed by atoms with Crippen LogP contribution in [0.25, 0.3) is 0 Å². The van der Waals surface area contributed by atoms with Crippen molar-refractivity contribution in [2.75, 3.05) is 37.8 Å². The Labute approximate surface area is 165 Å². The number of nitrogen functional groups attached to an aromatic ring is 1. The van der Waals surface area contributed by atoms with Crippen molar-refractivity contribution in [3.05, 3.63) is 78.2 Å². The molecule has 0 spiro atoms. The number of carbonyl (C=O) groups is 1. The standard InChI is InChI=1S/C22H25N5O/c1-26(2)15-8-16-27(22-18(23)10-7-14-25-22)20-12-4-3-9-17(20)21(28)19-11-5-6-13-24-19/h3-7,9-14H,8,15-16,23H2,1-2H3. The third-order valence-electron chi connectivity index (χ3n) is 4.40. The number of anilines is 3. The smallest absolute Gasteiger partial charge is 0.213 e. The van der Waals surface area contributed by atoms with Crippen molar-refractivity contribution >= 4 is 23.0 Å². The van der Waals surface area contributed by atoms with E-state index < -0.39 is 0 Å². The van der Waals surface area contributed by atoms with E-state index in [4.69, 9.17) is 5.73 Å². The number of hydrogen-bond donors (Lipinski definition) is 1. The highest BCUT2D eigenvalue weighted by Crippen LogP contribution is 2.32. The Kier molecular flexibility index (Phi) is 6.34. The molecule has 1 aromatic carbocycles.